The minimum Gasteiger partial charge on any atom is -0.368 e. The summed E-state index contributed by atoms with van der Waals surface area (Å²) < 4.78 is 1.83. The molecule has 0 aliphatic heterocycles. The van der Waals surface area contributed by atoms with Crippen molar-refractivity contribution < 1.29 is 0 Å². The first kappa shape index (κ1) is 13.5. The summed E-state index contributed by atoms with van der Waals surface area (Å²) >= 11 is 0. The van der Waals surface area contributed by atoms with Gasteiger partial charge < -0.3 is 10.2 Å². The second-order valence-corrected chi connectivity index (χ2v) is 4.97. The maximum Gasteiger partial charge on any atom is 0.126 e. The first-order valence-electron chi connectivity index (χ1n) is 6.39. The Morgan fingerprint density at radius 3 is 2.74 bits per heavy atom. The number of aryl methyl sites for hydroxylation is 2. The standard InChI is InChI=1S/C14H21N5/c1-11-6-5-7-14(17-11)15-9-13(18(2)3)12-8-16-19(4)10-12/h5-8,10,13H,9H2,1-4H3,(H,15,17). The molecule has 2 rings (SSSR count). The monoisotopic (exact) mass is 259 g/mol. The van der Waals surface area contributed by atoms with Crippen LogP contribution in [0.1, 0.15) is 17.3 Å². The first-order chi connectivity index (χ1) is 9.06. The van der Waals surface area contributed by atoms with Crippen LogP contribution in [0, 0.1) is 6.92 Å². The lowest BCUT2D eigenvalue weighted by Crippen LogP contribution is -2.26. The van der Waals surface area contributed by atoms with Crippen molar-refractivity contribution in [3.8, 4) is 0 Å². The summed E-state index contributed by atoms with van der Waals surface area (Å²) in [6.07, 6.45) is 3.96. The highest BCUT2D eigenvalue weighted by Crippen LogP contribution is 2.18. The van der Waals surface area contributed by atoms with Crippen LogP contribution in [0.25, 0.3) is 0 Å². The number of nitrogens with one attached hydrogen (secondary N) is 1. The minimum atomic E-state index is 0.274. The number of hydrogen-bond acceptors (Lipinski definition) is 4. The maximum atomic E-state index is 4.45. The molecule has 0 aromatic carbocycles. The van der Waals surface area contributed by atoms with Gasteiger partial charge in [-0.05, 0) is 33.2 Å². The molecule has 0 aliphatic carbocycles. The third kappa shape index (κ3) is 3.54. The molecule has 0 aliphatic rings. The van der Waals surface area contributed by atoms with E-state index < -0.39 is 0 Å². The van der Waals surface area contributed by atoms with Gasteiger partial charge in [-0.3, -0.25) is 4.68 Å². The molecule has 1 atom stereocenters. The number of nitrogens with zero attached hydrogens (tertiary/aromatic N) is 4. The number of aromatic nitrogens is 3. The summed E-state index contributed by atoms with van der Waals surface area (Å²) in [5.74, 6) is 0.913. The summed E-state index contributed by atoms with van der Waals surface area (Å²) in [5, 5.41) is 7.62. The number of likely N-dealkylation sites (N-methyl/N-ethyl adjacent to an activating group) is 1. The van der Waals surface area contributed by atoms with Crippen molar-refractivity contribution >= 4 is 5.82 Å². The van der Waals surface area contributed by atoms with Crippen molar-refractivity contribution in [1.29, 1.82) is 0 Å². The Balaban J connectivity index is 2.06. The van der Waals surface area contributed by atoms with E-state index in [9.17, 15) is 0 Å². The smallest absolute Gasteiger partial charge is 0.126 e. The van der Waals surface area contributed by atoms with Gasteiger partial charge in [-0.1, -0.05) is 6.07 Å². The molecule has 2 aromatic rings. The van der Waals surface area contributed by atoms with Gasteiger partial charge in [-0.15, -0.1) is 0 Å². The molecule has 5 nitrogen and oxygen atoms in total. The fourth-order valence-electron chi connectivity index (χ4n) is 2.05. The average Bonchev–Trinajstić information content (AvgIpc) is 2.76. The van der Waals surface area contributed by atoms with Crippen LogP contribution in [0.15, 0.2) is 30.6 Å². The number of hydrogen-bond donors (Lipinski definition) is 1. The zero-order chi connectivity index (χ0) is 13.8. The molecule has 102 valence electrons. The lowest BCUT2D eigenvalue weighted by atomic mass is 10.1. The van der Waals surface area contributed by atoms with Gasteiger partial charge in [0, 0.05) is 31.0 Å². The molecule has 0 bridgehead atoms. The third-order valence-corrected chi connectivity index (χ3v) is 3.10. The quantitative estimate of drug-likeness (QED) is 0.890. The highest BCUT2D eigenvalue weighted by molar-refractivity contribution is 5.35. The highest BCUT2D eigenvalue weighted by Gasteiger charge is 2.15. The molecule has 0 fully saturated rings. The number of rotatable bonds is 5. The molecule has 19 heavy (non-hydrogen) atoms. The van der Waals surface area contributed by atoms with Crippen molar-refractivity contribution in [3.05, 3.63) is 41.9 Å². The predicted molar refractivity (Wildman–Crippen MR) is 77.1 cm³/mol. The fraction of sp³-hybridized carbons (Fsp3) is 0.429. The molecule has 0 saturated heterocycles. The Morgan fingerprint density at radius 2 is 2.16 bits per heavy atom. The first-order valence-corrected chi connectivity index (χ1v) is 6.39. The van der Waals surface area contributed by atoms with Crippen LogP contribution in [0.4, 0.5) is 5.82 Å². The minimum absolute atomic E-state index is 0.274. The second kappa shape index (κ2) is 5.84. The van der Waals surface area contributed by atoms with E-state index in [4.69, 9.17) is 0 Å². The summed E-state index contributed by atoms with van der Waals surface area (Å²) in [7, 11) is 6.08. The van der Waals surface area contributed by atoms with E-state index in [0.29, 0.717) is 0 Å². The van der Waals surface area contributed by atoms with Gasteiger partial charge in [-0.25, -0.2) is 4.98 Å². The Morgan fingerprint density at radius 1 is 1.37 bits per heavy atom. The molecule has 1 N–H and O–H groups in total. The summed E-state index contributed by atoms with van der Waals surface area (Å²) in [6.45, 7) is 2.80. The van der Waals surface area contributed by atoms with Crippen LogP contribution in [0.2, 0.25) is 0 Å². The van der Waals surface area contributed by atoms with Crippen LogP contribution >= 0.6 is 0 Å². The van der Waals surface area contributed by atoms with E-state index >= 15 is 0 Å². The molecule has 1 unspecified atom stereocenters. The normalized spacial score (nSPS) is 12.7. The van der Waals surface area contributed by atoms with Gasteiger partial charge in [0.1, 0.15) is 5.82 Å². The van der Waals surface area contributed by atoms with Gasteiger partial charge in [0.2, 0.25) is 0 Å². The van der Waals surface area contributed by atoms with Crippen LogP contribution in [-0.4, -0.2) is 40.3 Å². The van der Waals surface area contributed by atoms with E-state index in [-0.39, 0.29) is 6.04 Å². The molecule has 0 radical (unpaired) electrons. The van der Waals surface area contributed by atoms with Gasteiger partial charge in [0.05, 0.1) is 12.2 Å². The number of anilines is 1. The van der Waals surface area contributed by atoms with Gasteiger partial charge >= 0.3 is 0 Å². The largest absolute Gasteiger partial charge is 0.368 e. The topological polar surface area (TPSA) is 46.0 Å². The van der Waals surface area contributed by atoms with Crippen LogP contribution in [-0.2, 0) is 7.05 Å². The van der Waals surface area contributed by atoms with E-state index in [2.05, 4.69) is 40.6 Å². The van der Waals surface area contributed by atoms with Crippen molar-refractivity contribution in [3.63, 3.8) is 0 Å². The molecular formula is C14H21N5. The Labute approximate surface area is 114 Å². The Hall–Kier alpha value is -1.88. The summed E-state index contributed by atoms with van der Waals surface area (Å²) in [5.41, 5.74) is 2.22. The molecule has 5 heteroatoms. The second-order valence-electron chi connectivity index (χ2n) is 4.97. The Bertz CT molecular complexity index is 532. The van der Waals surface area contributed by atoms with Gasteiger partial charge in [-0.2, -0.15) is 5.10 Å². The van der Waals surface area contributed by atoms with E-state index in [0.717, 1.165) is 18.1 Å². The van der Waals surface area contributed by atoms with Crippen molar-refractivity contribution in [1.82, 2.24) is 19.7 Å². The van der Waals surface area contributed by atoms with Crippen molar-refractivity contribution in [2.45, 2.75) is 13.0 Å². The lowest BCUT2D eigenvalue weighted by molar-refractivity contribution is 0.311. The van der Waals surface area contributed by atoms with Crippen LogP contribution in [0.3, 0.4) is 0 Å². The zero-order valence-corrected chi connectivity index (χ0v) is 12.0. The predicted octanol–water partition coefficient (Wildman–Crippen LogP) is 1.84. The molecular weight excluding hydrogens is 238 g/mol. The molecule has 2 heterocycles. The SMILES string of the molecule is Cc1cccc(NCC(c2cnn(C)c2)N(C)C)n1. The van der Waals surface area contributed by atoms with E-state index in [1.807, 2.05) is 43.0 Å². The molecule has 0 amide bonds. The van der Waals surface area contributed by atoms with Gasteiger partial charge in [0.25, 0.3) is 0 Å². The summed E-state index contributed by atoms with van der Waals surface area (Å²) in [6, 6.07) is 6.27. The van der Waals surface area contributed by atoms with Crippen molar-refractivity contribution in [2.24, 2.45) is 7.05 Å². The maximum absolute atomic E-state index is 4.45. The Kier molecular flexibility index (Phi) is 4.16. The van der Waals surface area contributed by atoms with E-state index in [1.54, 1.807) is 0 Å². The summed E-state index contributed by atoms with van der Waals surface area (Å²) in [4.78, 5) is 6.63. The molecule has 0 saturated carbocycles. The third-order valence-electron chi connectivity index (χ3n) is 3.10. The lowest BCUT2D eigenvalue weighted by Gasteiger charge is -2.23. The fourth-order valence-corrected chi connectivity index (χ4v) is 2.05. The van der Waals surface area contributed by atoms with Crippen molar-refractivity contribution in [2.75, 3.05) is 26.0 Å². The van der Waals surface area contributed by atoms with Crippen LogP contribution < -0.4 is 5.32 Å². The van der Waals surface area contributed by atoms with Crippen LogP contribution in [0.5, 0.6) is 0 Å². The number of pyridine rings is 1. The average molecular weight is 259 g/mol. The molecule has 2 aromatic heterocycles. The zero-order valence-electron chi connectivity index (χ0n) is 12.0. The van der Waals surface area contributed by atoms with Gasteiger partial charge in [0.15, 0.2) is 0 Å². The van der Waals surface area contributed by atoms with E-state index in [1.165, 1.54) is 5.56 Å². The highest BCUT2D eigenvalue weighted by atomic mass is 15.2. The molecule has 0 spiro atoms.